The van der Waals surface area contributed by atoms with Crippen molar-refractivity contribution in [3.63, 3.8) is 0 Å². The number of carbonyl (C=O) groups is 1. The van der Waals surface area contributed by atoms with Crippen molar-refractivity contribution in [3.05, 3.63) is 47.9 Å². The van der Waals surface area contributed by atoms with Crippen molar-refractivity contribution in [2.45, 2.75) is 26.0 Å². The Morgan fingerprint density at radius 3 is 2.64 bits per heavy atom. The maximum absolute atomic E-state index is 13.6. The number of amides is 1. The number of hydrogen-bond donors (Lipinski definition) is 0. The van der Waals surface area contributed by atoms with Crippen LogP contribution in [0.1, 0.15) is 12.6 Å². The molecule has 0 saturated carbocycles. The molecule has 7 heteroatoms. The third kappa shape index (κ3) is 3.70. The number of likely N-dealkylation sites (N-methyl/N-ethyl adjacent to an activating group) is 1. The number of hydrogen-bond acceptors (Lipinski definition) is 5. The Kier molecular flexibility index (Phi) is 4.83. The van der Waals surface area contributed by atoms with Crippen LogP contribution in [-0.4, -0.2) is 53.3 Å². The van der Waals surface area contributed by atoms with Crippen molar-refractivity contribution < 1.29 is 13.9 Å². The van der Waals surface area contributed by atoms with Gasteiger partial charge in [0.1, 0.15) is 0 Å². The molecule has 0 aliphatic carbocycles. The zero-order chi connectivity index (χ0) is 18.0. The Morgan fingerprint density at radius 2 is 2.00 bits per heavy atom. The number of para-hydroxylation sites is 1. The average Bonchev–Trinajstić information content (AvgIpc) is 2.56. The maximum Gasteiger partial charge on any atom is 0.263 e. The summed E-state index contributed by atoms with van der Waals surface area (Å²) in [5, 5.41) is 8.19. The zero-order valence-electron chi connectivity index (χ0n) is 14.5. The first-order valence-electron chi connectivity index (χ1n) is 8.19. The van der Waals surface area contributed by atoms with Gasteiger partial charge in [-0.15, -0.1) is 5.10 Å². The second-order valence-electron chi connectivity index (χ2n) is 6.23. The normalized spacial score (nSPS) is 15.4. The van der Waals surface area contributed by atoms with Crippen molar-refractivity contribution in [1.82, 2.24) is 15.1 Å². The van der Waals surface area contributed by atoms with E-state index in [-0.39, 0.29) is 17.7 Å². The van der Waals surface area contributed by atoms with Crippen LogP contribution in [0.25, 0.3) is 0 Å². The average molecular weight is 344 g/mol. The molecule has 1 saturated heterocycles. The summed E-state index contributed by atoms with van der Waals surface area (Å²) in [5.41, 5.74) is 0.868. The second kappa shape index (κ2) is 7.04. The van der Waals surface area contributed by atoms with Gasteiger partial charge >= 0.3 is 0 Å². The molecule has 3 rings (SSSR count). The highest BCUT2D eigenvalue weighted by molar-refractivity contribution is 5.81. The Hall–Kier alpha value is -2.70. The van der Waals surface area contributed by atoms with Gasteiger partial charge in [-0.2, -0.15) is 5.10 Å². The monoisotopic (exact) mass is 344 g/mol. The number of ether oxygens (including phenoxy) is 1. The summed E-state index contributed by atoms with van der Waals surface area (Å²) in [4.78, 5) is 16.2. The molecule has 1 aliphatic rings. The SMILES string of the molecule is Cc1ccc(N2CC(N(C)C(=O)C(C)Oc3ccccc3F)C2)nn1. The molecule has 1 amide bonds. The predicted octanol–water partition coefficient (Wildman–Crippen LogP) is 2.04. The summed E-state index contributed by atoms with van der Waals surface area (Å²) in [6, 6.07) is 9.98. The maximum atomic E-state index is 13.6. The van der Waals surface area contributed by atoms with Gasteiger partial charge in [0.05, 0.1) is 11.7 Å². The summed E-state index contributed by atoms with van der Waals surface area (Å²) in [5.74, 6) is 0.237. The smallest absolute Gasteiger partial charge is 0.263 e. The lowest BCUT2D eigenvalue weighted by Crippen LogP contribution is -2.61. The molecule has 6 nitrogen and oxygen atoms in total. The van der Waals surface area contributed by atoms with E-state index in [1.807, 2.05) is 19.1 Å². The third-order valence-corrected chi connectivity index (χ3v) is 4.35. The summed E-state index contributed by atoms with van der Waals surface area (Å²) < 4.78 is 19.1. The molecule has 0 bridgehead atoms. The quantitative estimate of drug-likeness (QED) is 0.831. The predicted molar refractivity (Wildman–Crippen MR) is 92.0 cm³/mol. The molecule has 132 valence electrons. The van der Waals surface area contributed by atoms with Crippen LogP contribution in [0.15, 0.2) is 36.4 Å². The molecule has 1 unspecified atom stereocenters. The van der Waals surface area contributed by atoms with Crippen LogP contribution in [0.2, 0.25) is 0 Å². The molecule has 2 aromatic rings. The van der Waals surface area contributed by atoms with Gasteiger partial charge < -0.3 is 14.5 Å². The van der Waals surface area contributed by atoms with Gasteiger partial charge in [0.25, 0.3) is 5.91 Å². The number of benzene rings is 1. The van der Waals surface area contributed by atoms with Crippen molar-refractivity contribution >= 4 is 11.7 Å². The Bertz CT molecular complexity index is 747. The number of aromatic nitrogens is 2. The summed E-state index contributed by atoms with van der Waals surface area (Å²) in [6.07, 6.45) is -0.755. The van der Waals surface area contributed by atoms with Gasteiger partial charge in [0.2, 0.25) is 0 Å². The number of aryl methyl sites for hydroxylation is 1. The highest BCUT2D eigenvalue weighted by Gasteiger charge is 2.35. The summed E-state index contributed by atoms with van der Waals surface area (Å²) in [6.45, 7) is 4.89. The fourth-order valence-electron chi connectivity index (χ4n) is 2.70. The molecule has 0 N–H and O–H groups in total. The Morgan fingerprint density at radius 1 is 1.28 bits per heavy atom. The van der Waals surface area contributed by atoms with Gasteiger partial charge in [-0.05, 0) is 38.1 Å². The van der Waals surface area contributed by atoms with E-state index in [0.29, 0.717) is 13.1 Å². The molecule has 1 aliphatic heterocycles. The van der Waals surface area contributed by atoms with Gasteiger partial charge in [0.15, 0.2) is 23.5 Å². The Balaban J connectivity index is 1.55. The molecule has 0 spiro atoms. The minimum atomic E-state index is -0.755. The minimum Gasteiger partial charge on any atom is -0.478 e. The second-order valence-corrected chi connectivity index (χ2v) is 6.23. The van der Waals surface area contributed by atoms with Crippen molar-refractivity contribution in [2.24, 2.45) is 0 Å². The van der Waals surface area contributed by atoms with Gasteiger partial charge in [-0.1, -0.05) is 12.1 Å². The van der Waals surface area contributed by atoms with E-state index >= 15 is 0 Å². The van der Waals surface area contributed by atoms with E-state index in [0.717, 1.165) is 11.5 Å². The lowest BCUT2D eigenvalue weighted by atomic mass is 10.1. The van der Waals surface area contributed by atoms with E-state index in [9.17, 15) is 9.18 Å². The molecule has 25 heavy (non-hydrogen) atoms. The third-order valence-electron chi connectivity index (χ3n) is 4.35. The largest absolute Gasteiger partial charge is 0.478 e. The van der Waals surface area contributed by atoms with Crippen LogP contribution in [-0.2, 0) is 4.79 Å². The first kappa shape index (κ1) is 17.1. The topological polar surface area (TPSA) is 58.6 Å². The molecule has 1 atom stereocenters. The number of halogens is 1. The number of carbonyl (C=O) groups excluding carboxylic acids is 1. The van der Waals surface area contributed by atoms with Crippen molar-refractivity contribution in [3.8, 4) is 5.75 Å². The van der Waals surface area contributed by atoms with Gasteiger partial charge in [-0.25, -0.2) is 4.39 Å². The van der Waals surface area contributed by atoms with E-state index in [2.05, 4.69) is 15.1 Å². The number of rotatable bonds is 5. The van der Waals surface area contributed by atoms with E-state index < -0.39 is 11.9 Å². The minimum absolute atomic E-state index is 0.0715. The molecular formula is C18H21FN4O2. The molecule has 2 heterocycles. The van der Waals surface area contributed by atoms with Crippen LogP contribution in [0.4, 0.5) is 10.2 Å². The first-order chi connectivity index (χ1) is 12.0. The lowest BCUT2D eigenvalue weighted by molar-refractivity contribution is -0.139. The zero-order valence-corrected chi connectivity index (χ0v) is 14.5. The standard InChI is InChI=1S/C18H21FN4O2/c1-12-8-9-17(21-20-12)23-10-14(11-23)22(3)18(24)13(2)25-16-7-5-4-6-15(16)19/h4-9,13-14H,10-11H2,1-3H3. The van der Waals surface area contributed by atoms with Crippen LogP contribution < -0.4 is 9.64 Å². The summed E-state index contributed by atoms with van der Waals surface area (Å²) >= 11 is 0. The summed E-state index contributed by atoms with van der Waals surface area (Å²) in [7, 11) is 1.74. The number of nitrogens with zero attached hydrogens (tertiary/aromatic N) is 4. The van der Waals surface area contributed by atoms with E-state index in [1.54, 1.807) is 31.0 Å². The van der Waals surface area contributed by atoms with Crippen molar-refractivity contribution in [1.29, 1.82) is 0 Å². The highest BCUT2D eigenvalue weighted by Crippen LogP contribution is 2.22. The van der Waals surface area contributed by atoms with Gasteiger partial charge in [0, 0.05) is 20.1 Å². The number of anilines is 1. The molecule has 1 aromatic heterocycles. The lowest BCUT2D eigenvalue weighted by Gasteiger charge is -2.44. The molecular weight excluding hydrogens is 323 g/mol. The molecule has 1 aromatic carbocycles. The van der Waals surface area contributed by atoms with Crippen LogP contribution in [0, 0.1) is 12.7 Å². The van der Waals surface area contributed by atoms with Crippen molar-refractivity contribution in [2.75, 3.05) is 25.0 Å². The molecule has 0 radical (unpaired) electrons. The van der Waals surface area contributed by atoms with Crippen LogP contribution in [0.3, 0.4) is 0 Å². The molecule has 1 fully saturated rings. The van der Waals surface area contributed by atoms with Gasteiger partial charge in [-0.3, -0.25) is 4.79 Å². The van der Waals surface area contributed by atoms with E-state index in [1.165, 1.54) is 12.1 Å². The van der Waals surface area contributed by atoms with E-state index in [4.69, 9.17) is 4.74 Å². The highest BCUT2D eigenvalue weighted by atomic mass is 19.1. The van der Waals surface area contributed by atoms with Crippen LogP contribution in [0.5, 0.6) is 5.75 Å². The fraction of sp³-hybridized carbons (Fsp3) is 0.389. The fourth-order valence-corrected chi connectivity index (χ4v) is 2.70. The first-order valence-corrected chi connectivity index (χ1v) is 8.19. The Labute approximate surface area is 146 Å². The van der Waals surface area contributed by atoms with Crippen LogP contribution >= 0.6 is 0 Å².